The zero-order valence-electron chi connectivity index (χ0n) is 13.3. The monoisotopic (exact) mass is 298 g/mol. The van der Waals surface area contributed by atoms with Crippen LogP contribution in [0.2, 0.25) is 0 Å². The number of hydrogen-bond donors (Lipinski definition) is 0. The highest BCUT2D eigenvalue weighted by atomic mass is 16.5. The van der Waals surface area contributed by atoms with Gasteiger partial charge in [0, 0.05) is 6.42 Å². The largest absolute Gasteiger partial charge is 0.493 e. The van der Waals surface area contributed by atoms with E-state index in [4.69, 9.17) is 9.47 Å². The van der Waals surface area contributed by atoms with Gasteiger partial charge in [-0.05, 0) is 28.7 Å². The van der Waals surface area contributed by atoms with Crippen molar-refractivity contribution in [3.63, 3.8) is 0 Å². The van der Waals surface area contributed by atoms with Gasteiger partial charge >= 0.3 is 0 Å². The third kappa shape index (κ3) is 3.88. The summed E-state index contributed by atoms with van der Waals surface area (Å²) in [4.78, 5) is 10.9. The number of ether oxygens (including phenoxy) is 2. The highest BCUT2D eigenvalue weighted by Gasteiger charge is 2.21. The van der Waals surface area contributed by atoms with Crippen LogP contribution in [-0.4, -0.2) is 13.4 Å². The predicted molar refractivity (Wildman–Crippen MR) is 87.5 cm³/mol. The maximum absolute atomic E-state index is 10.9. The van der Waals surface area contributed by atoms with Gasteiger partial charge < -0.3 is 14.3 Å². The van der Waals surface area contributed by atoms with E-state index in [0.29, 0.717) is 24.5 Å². The fourth-order valence-electron chi connectivity index (χ4n) is 2.27. The lowest BCUT2D eigenvalue weighted by molar-refractivity contribution is -0.108. The van der Waals surface area contributed by atoms with E-state index in [1.54, 1.807) is 7.11 Å². The molecule has 2 rings (SSSR count). The second-order valence-corrected chi connectivity index (χ2v) is 5.89. The van der Waals surface area contributed by atoms with Gasteiger partial charge in [-0.15, -0.1) is 0 Å². The van der Waals surface area contributed by atoms with Gasteiger partial charge in [-0.3, -0.25) is 0 Å². The zero-order valence-corrected chi connectivity index (χ0v) is 13.3. The Hall–Kier alpha value is -2.29. The summed E-state index contributed by atoms with van der Waals surface area (Å²) in [7, 11) is 1.63. The van der Waals surface area contributed by atoms with Crippen LogP contribution >= 0.6 is 0 Å². The Morgan fingerprint density at radius 2 is 1.77 bits per heavy atom. The van der Waals surface area contributed by atoms with E-state index in [0.717, 1.165) is 17.4 Å². The van der Waals surface area contributed by atoms with E-state index in [1.807, 2.05) is 62.4 Å². The fraction of sp³-hybridized carbons (Fsp3) is 0.316. The van der Waals surface area contributed by atoms with Crippen molar-refractivity contribution in [2.24, 2.45) is 0 Å². The third-order valence-electron chi connectivity index (χ3n) is 3.78. The Balaban J connectivity index is 2.23. The van der Waals surface area contributed by atoms with Crippen molar-refractivity contribution >= 4 is 6.29 Å². The summed E-state index contributed by atoms with van der Waals surface area (Å²) in [6.07, 6.45) is 1.42. The quantitative estimate of drug-likeness (QED) is 0.721. The van der Waals surface area contributed by atoms with Crippen molar-refractivity contribution in [3.05, 3.63) is 59.7 Å². The average Bonchev–Trinajstić information content (AvgIpc) is 2.53. The number of carbonyl (C=O) groups excluding carboxylic acids is 1. The molecule has 0 saturated heterocycles. The lowest BCUT2D eigenvalue weighted by Gasteiger charge is -2.24. The molecule has 0 aliphatic carbocycles. The zero-order chi connectivity index (χ0) is 16.0. The normalized spacial score (nSPS) is 11.0. The molecule has 0 spiro atoms. The highest BCUT2D eigenvalue weighted by Crippen LogP contribution is 2.35. The standard InChI is InChI=1S/C19H22O3/c1-19(2,11-12-20)16-9-10-17(21-3)18(13-16)22-14-15-7-5-4-6-8-15/h4-10,12-13H,11,14H2,1-3H3. The van der Waals surface area contributed by atoms with Crippen LogP contribution in [0.3, 0.4) is 0 Å². The summed E-state index contributed by atoms with van der Waals surface area (Å²) >= 11 is 0. The van der Waals surface area contributed by atoms with Crippen LogP contribution < -0.4 is 9.47 Å². The first-order valence-corrected chi connectivity index (χ1v) is 7.35. The molecule has 22 heavy (non-hydrogen) atoms. The number of carbonyl (C=O) groups is 1. The van der Waals surface area contributed by atoms with Gasteiger partial charge in [0.25, 0.3) is 0 Å². The Kier molecular flexibility index (Phi) is 5.21. The second-order valence-electron chi connectivity index (χ2n) is 5.89. The topological polar surface area (TPSA) is 35.5 Å². The third-order valence-corrected chi connectivity index (χ3v) is 3.78. The van der Waals surface area contributed by atoms with Crippen LogP contribution in [0.4, 0.5) is 0 Å². The maximum Gasteiger partial charge on any atom is 0.161 e. The van der Waals surface area contributed by atoms with Gasteiger partial charge in [-0.1, -0.05) is 50.2 Å². The van der Waals surface area contributed by atoms with Crippen molar-refractivity contribution in [3.8, 4) is 11.5 Å². The van der Waals surface area contributed by atoms with E-state index in [2.05, 4.69) is 0 Å². The van der Waals surface area contributed by atoms with Crippen LogP contribution in [0.15, 0.2) is 48.5 Å². The van der Waals surface area contributed by atoms with E-state index >= 15 is 0 Å². The highest BCUT2D eigenvalue weighted by molar-refractivity contribution is 5.54. The van der Waals surface area contributed by atoms with Gasteiger partial charge in [0.15, 0.2) is 11.5 Å². The number of methoxy groups -OCH3 is 1. The lowest BCUT2D eigenvalue weighted by atomic mass is 9.82. The summed E-state index contributed by atoms with van der Waals surface area (Å²) in [6, 6.07) is 15.8. The van der Waals surface area contributed by atoms with Crippen molar-refractivity contribution in [1.29, 1.82) is 0 Å². The first-order valence-electron chi connectivity index (χ1n) is 7.35. The molecule has 0 aromatic heterocycles. The molecule has 2 aromatic rings. The SMILES string of the molecule is COc1ccc(C(C)(C)CC=O)cc1OCc1ccccc1. The molecular weight excluding hydrogens is 276 g/mol. The van der Waals surface area contributed by atoms with Crippen LogP contribution in [0.5, 0.6) is 11.5 Å². The predicted octanol–water partition coefficient (Wildman–Crippen LogP) is 4.14. The van der Waals surface area contributed by atoms with Crippen molar-refractivity contribution in [2.75, 3.05) is 7.11 Å². The molecule has 0 amide bonds. The molecule has 0 radical (unpaired) electrons. The average molecular weight is 298 g/mol. The minimum Gasteiger partial charge on any atom is -0.493 e. The van der Waals surface area contributed by atoms with Crippen LogP contribution in [0.25, 0.3) is 0 Å². The minimum atomic E-state index is -0.223. The van der Waals surface area contributed by atoms with Crippen molar-refractivity contribution in [2.45, 2.75) is 32.3 Å². The number of rotatable bonds is 7. The van der Waals surface area contributed by atoms with Gasteiger partial charge in [-0.2, -0.15) is 0 Å². The van der Waals surface area contributed by atoms with Crippen molar-refractivity contribution in [1.82, 2.24) is 0 Å². The molecule has 2 aromatic carbocycles. The molecule has 116 valence electrons. The summed E-state index contributed by atoms with van der Waals surface area (Å²) in [5, 5.41) is 0. The van der Waals surface area contributed by atoms with E-state index in [1.165, 1.54) is 0 Å². The van der Waals surface area contributed by atoms with Gasteiger partial charge in [0.2, 0.25) is 0 Å². The Morgan fingerprint density at radius 1 is 1.05 bits per heavy atom. The molecule has 3 heteroatoms. The molecule has 0 bridgehead atoms. The summed E-state index contributed by atoms with van der Waals surface area (Å²) in [5.41, 5.74) is 1.93. The summed E-state index contributed by atoms with van der Waals surface area (Å²) in [5.74, 6) is 1.39. The number of hydrogen-bond acceptors (Lipinski definition) is 3. The Morgan fingerprint density at radius 3 is 2.41 bits per heavy atom. The van der Waals surface area contributed by atoms with E-state index in [9.17, 15) is 4.79 Å². The number of benzene rings is 2. The first kappa shape index (κ1) is 16.1. The molecule has 0 aliphatic heterocycles. The second kappa shape index (κ2) is 7.12. The van der Waals surface area contributed by atoms with Crippen molar-refractivity contribution < 1.29 is 14.3 Å². The smallest absolute Gasteiger partial charge is 0.161 e. The molecular formula is C19H22O3. The molecule has 0 aliphatic rings. The molecule has 0 atom stereocenters. The van der Waals surface area contributed by atoms with Crippen LogP contribution in [0, 0.1) is 0 Å². The van der Waals surface area contributed by atoms with Gasteiger partial charge in [0.05, 0.1) is 7.11 Å². The summed E-state index contributed by atoms with van der Waals surface area (Å²) in [6.45, 7) is 4.57. The minimum absolute atomic E-state index is 0.223. The molecule has 0 N–H and O–H groups in total. The van der Waals surface area contributed by atoms with Crippen LogP contribution in [-0.2, 0) is 16.8 Å². The molecule has 0 unspecified atom stereocenters. The Labute approximate surface area is 131 Å². The van der Waals surface area contributed by atoms with E-state index in [-0.39, 0.29) is 5.41 Å². The van der Waals surface area contributed by atoms with Gasteiger partial charge in [-0.25, -0.2) is 0 Å². The fourth-order valence-corrected chi connectivity index (χ4v) is 2.27. The first-order chi connectivity index (χ1) is 10.6. The van der Waals surface area contributed by atoms with Crippen LogP contribution in [0.1, 0.15) is 31.4 Å². The maximum atomic E-state index is 10.9. The van der Waals surface area contributed by atoms with Gasteiger partial charge in [0.1, 0.15) is 12.9 Å². The van der Waals surface area contributed by atoms with E-state index < -0.39 is 0 Å². The molecule has 0 saturated carbocycles. The summed E-state index contributed by atoms with van der Waals surface area (Å²) < 4.78 is 11.3. The lowest BCUT2D eigenvalue weighted by Crippen LogP contribution is -2.17. The Bertz CT molecular complexity index is 618. The molecule has 0 fully saturated rings. The molecule has 0 heterocycles. The number of aldehydes is 1. The molecule has 3 nitrogen and oxygen atoms in total.